The first-order valence-corrected chi connectivity index (χ1v) is 7.95. The average molecular weight is 362 g/mol. The molecule has 136 valence electrons. The zero-order valence-electron chi connectivity index (χ0n) is 13.7. The molecule has 9 nitrogen and oxygen atoms in total. The topological polar surface area (TPSA) is 153 Å². The van der Waals surface area contributed by atoms with Gasteiger partial charge in [-0.25, -0.2) is 4.79 Å². The van der Waals surface area contributed by atoms with Gasteiger partial charge in [-0.2, -0.15) is 8.42 Å². The van der Waals surface area contributed by atoms with Crippen molar-refractivity contribution in [2.45, 2.75) is 19.2 Å². The first kappa shape index (κ1) is 23.8. The van der Waals surface area contributed by atoms with Crippen LogP contribution in [0.25, 0.3) is 0 Å². The largest absolute Gasteiger partial charge is 0.465 e. The molecule has 1 atom stereocenters. The van der Waals surface area contributed by atoms with Crippen molar-refractivity contribution in [3.63, 3.8) is 0 Å². The van der Waals surface area contributed by atoms with Gasteiger partial charge in [-0.1, -0.05) is 33.6 Å². The molecule has 0 saturated heterocycles. The van der Waals surface area contributed by atoms with Crippen LogP contribution in [-0.2, 0) is 29.2 Å². The number of hydrogen-bond acceptors (Lipinski definition) is 6. The molecule has 4 N–H and O–H groups in total. The van der Waals surface area contributed by atoms with E-state index >= 15 is 0 Å². The Morgan fingerprint density at radius 1 is 1.21 bits per heavy atom. The molecule has 0 rings (SSSR count). The highest BCUT2D eigenvalue weighted by atomic mass is 32.2. The van der Waals surface area contributed by atoms with Crippen molar-refractivity contribution in [3.05, 3.63) is 37.0 Å². The van der Waals surface area contributed by atoms with E-state index in [9.17, 15) is 22.8 Å². The lowest BCUT2D eigenvalue weighted by molar-refractivity contribution is -0.136. The quantitative estimate of drug-likeness (QED) is 0.248. The fourth-order valence-corrected chi connectivity index (χ4v) is 2.13. The molecule has 2 amide bonds. The number of rotatable bonds is 7. The first-order valence-electron chi connectivity index (χ1n) is 6.45. The highest BCUT2D eigenvalue weighted by Gasteiger charge is 2.30. The Labute approximate surface area is 141 Å². The zero-order valence-corrected chi connectivity index (χ0v) is 14.6. The van der Waals surface area contributed by atoms with E-state index in [2.05, 4.69) is 35.5 Å². The van der Waals surface area contributed by atoms with Crippen LogP contribution in [0.3, 0.4) is 0 Å². The van der Waals surface area contributed by atoms with Crippen LogP contribution in [0.15, 0.2) is 37.0 Å². The number of amides is 2. The molecule has 10 heteroatoms. The third-order valence-corrected chi connectivity index (χ3v) is 3.78. The Kier molecular flexibility index (Phi) is 10.3. The third kappa shape index (κ3) is 8.86. The summed E-state index contributed by atoms with van der Waals surface area (Å²) in [5, 5.41) is 0.573. The molecule has 0 saturated carbocycles. The van der Waals surface area contributed by atoms with E-state index in [0.717, 1.165) is 13.2 Å². The maximum Gasteiger partial charge on any atom is 0.338 e. The van der Waals surface area contributed by atoms with E-state index < -0.39 is 39.2 Å². The first-order chi connectivity index (χ1) is 10.8. The van der Waals surface area contributed by atoms with Crippen molar-refractivity contribution >= 4 is 27.9 Å². The monoisotopic (exact) mass is 362 g/mol. The van der Waals surface area contributed by atoms with Crippen LogP contribution in [0.4, 0.5) is 0 Å². The minimum atomic E-state index is -4.46. The van der Waals surface area contributed by atoms with Crippen LogP contribution in [0.1, 0.15) is 13.8 Å². The molecule has 0 aromatic heterocycles. The standard InChI is InChI=1S/C11H17NO6S.C3H5NO/c1-6(2)10(19(15,16)17)12-9(13)7(3)8(4)11(14)18-5;1-2-3(4)5/h6,10H,3-4H2,1-2,5H3,(H,12,13)(H,15,16,17);2H,1H2,(H2,4,5). The number of primary amides is 1. The molecular weight excluding hydrogens is 340 g/mol. The molecular formula is C14H22N2O7S. The summed E-state index contributed by atoms with van der Waals surface area (Å²) in [5.41, 5.74) is 3.91. The van der Waals surface area contributed by atoms with Crippen LogP contribution >= 0.6 is 0 Å². The smallest absolute Gasteiger partial charge is 0.338 e. The highest BCUT2D eigenvalue weighted by Crippen LogP contribution is 2.12. The summed E-state index contributed by atoms with van der Waals surface area (Å²) >= 11 is 0. The minimum Gasteiger partial charge on any atom is -0.465 e. The predicted octanol–water partition coefficient (Wildman–Crippen LogP) is -0.0844. The fourth-order valence-electron chi connectivity index (χ4n) is 1.18. The molecule has 0 aromatic carbocycles. The van der Waals surface area contributed by atoms with Crippen molar-refractivity contribution in [1.82, 2.24) is 5.32 Å². The van der Waals surface area contributed by atoms with E-state index in [4.69, 9.17) is 4.55 Å². The molecule has 0 aliphatic heterocycles. The fraction of sp³-hybridized carbons (Fsp3) is 0.357. The van der Waals surface area contributed by atoms with Gasteiger partial charge in [-0.3, -0.25) is 14.1 Å². The molecule has 24 heavy (non-hydrogen) atoms. The van der Waals surface area contributed by atoms with Crippen LogP contribution in [-0.4, -0.2) is 43.2 Å². The summed E-state index contributed by atoms with van der Waals surface area (Å²) in [6.45, 7) is 12.7. The Balaban J connectivity index is 0. The van der Waals surface area contributed by atoms with Crippen LogP contribution < -0.4 is 11.1 Å². The van der Waals surface area contributed by atoms with E-state index in [1.165, 1.54) is 13.8 Å². The van der Waals surface area contributed by atoms with Crippen LogP contribution in [0, 0.1) is 5.92 Å². The minimum absolute atomic E-state index is 0.294. The van der Waals surface area contributed by atoms with E-state index in [0.29, 0.717) is 0 Å². The normalized spacial score (nSPS) is 11.4. The summed E-state index contributed by atoms with van der Waals surface area (Å²) in [6.07, 6.45) is 1.06. The van der Waals surface area contributed by atoms with Gasteiger partial charge >= 0.3 is 5.97 Å². The molecule has 0 radical (unpaired) electrons. The number of esters is 1. The maximum atomic E-state index is 11.7. The summed E-state index contributed by atoms with van der Waals surface area (Å²) in [7, 11) is -3.36. The number of carbonyl (C=O) groups excluding carboxylic acids is 3. The van der Waals surface area contributed by atoms with Gasteiger partial charge in [0.1, 0.15) is 0 Å². The van der Waals surface area contributed by atoms with Gasteiger partial charge < -0.3 is 15.8 Å². The van der Waals surface area contributed by atoms with E-state index in [1.807, 2.05) is 0 Å². The SMILES string of the molecule is C=C(C(=C)C(=O)OC)C(=O)NC(C(C)C)S(=O)(=O)O.C=CC(N)=O. The number of hydrogen-bond donors (Lipinski definition) is 3. The van der Waals surface area contributed by atoms with E-state index in [1.54, 1.807) is 0 Å². The van der Waals surface area contributed by atoms with Gasteiger partial charge in [0.05, 0.1) is 12.7 Å². The highest BCUT2D eigenvalue weighted by molar-refractivity contribution is 7.86. The Morgan fingerprint density at radius 3 is 1.88 bits per heavy atom. The lowest BCUT2D eigenvalue weighted by atomic mass is 10.1. The number of ether oxygens (including phenoxy) is 1. The number of carbonyl (C=O) groups is 3. The van der Waals surface area contributed by atoms with Crippen LogP contribution in [0.2, 0.25) is 0 Å². The Bertz CT molecular complexity index is 636. The molecule has 0 bridgehead atoms. The predicted molar refractivity (Wildman–Crippen MR) is 88.0 cm³/mol. The second-order valence-corrected chi connectivity index (χ2v) is 6.25. The number of methoxy groups -OCH3 is 1. The second kappa shape index (κ2) is 10.3. The Hall–Kier alpha value is -2.46. The zero-order chi connectivity index (χ0) is 19.7. The molecule has 0 heterocycles. The average Bonchev–Trinajstić information content (AvgIpc) is 2.48. The maximum absolute atomic E-state index is 11.7. The van der Waals surface area contributed by atoms with Gasteiger partial charge in [-0.15, -0.1) is 0 Å². The molecule has 0 fully saturated rings. The van der Waals surface area contributed by atoms with Crippen molar-refractivity contribution < 1.29 is 32.1 Å². The second-order valence-electron chi connectivity index (χ2n) is 4.71. The molecule has 0 spiro atoms. The summed E-state index contributed by atoms with van der Waals surface area (Å²) in [5.74, 6) is -2.83. The molecule has 1 unspecified atom stereocenters. The van der Waals surface area contributed by atoms with Gasteiger partial charge in [0, 0.05) is 5.57 Å². The van der Waals surface area contributed by atoms with Crippen LogP contribution in [0.5, 0.6) is 0 Å². The van der Waals surface area contributed by atoms with Crippen molar-refractivity contribution in [1.29, 1.82) is 0 Å². The van der Waals surface area contributed by atoms with Crippen molar-refractivity contribution in [2.75, 3.05) is 7.11 Å². The lowest BCUT2D eigenvalue weighted by Gasteiger charge is -2.19. The number of nitrogens with one attached hydrogen (secondary N) is 1. The van der Waals surface area contributed by atoms with Gasteiger partial charge in [0.15, 0.2) is 5.37 Å². The lowest BCUT2D eigenvalue weighted by Crippen LogP contribution is -2.44. The third-order valence-electron chi connectivity index (χ3n) is 2.47. The number of nitrogens with two attached hydrogens (primary N) is 1. The van der Waals surface area contributed by atoms with Gasteiger partial charge in [0.25, 0.3) is 16.0 Å². The molecule has 0 aliphatic rings. The Morgan fingerprint density at radius 2 is 1.62 bits per heavy atom. The van der Waals surface area contributed by atoms with Gasteiger partial charge in [-0.05, 0) is 12.0 Å². The molecule has 0 aliphatic carbocycles. The van der Waals surface area contributed by atoms with Gasteiger partial charge in [0.2, 0.25) is 5.91 Å². The van der Waals surface area contributed by atoms with Crippen molar-refractivity contribution in [2.24, 2.45) is 11.7 Å². The summed E-state index contributed by atoms with van der Waals surface area (Å²) < 4.78 is 35.5. The summed E-state index contributed by atoms with van der Waals surface area (Å²) in [4.78, 5) is 32.3. The van der Waals surface area contributed by atoms with E-state index in [-0.39, 0.29) is 11.1 Å². The molecule has 0 aromatic rings. The summed E-state index contributed by atoms with van der Waals surface area (Å²) in [6, 6.07) is 0. The van der Waals surface area contributed by atoms with Crippen molar-refractivity contribution in [3.8, 4) is 0 Å².